The molecule has 1 saturated heterocycles. The Bertz CT molecular complexity index is 623. The summed E-state index contributed by atoms with van der Waals surface area (Å²) in [5, 5.41) is 3.19. The van der Waals surface area contributed by atoms with Crippen molar-refractivity contribution >= 4 is 12.1 Å². The topological polar surface area (TPSA) is 35.6 Å². The van der Waals surface area contributed by atoms with Gasteiger partial charge < -0.3 is 15.1 Å². The van der Waals surface area contributed by atoms with Crippen LogP contribution in [0, 0.1) is 0 Å². The average molecular weight is 329 g/mol. The van der Waals surface area contributed by atoms with Crippen molar-refractivity contribution in [3.63, 3.8) is 0 Å². The van der Waals surface area contributed by atoms with Crippen molar-refractivity contribution in [3.8, 4) is 0 Å². The normalized spacial score (nSPS) is 19.6. The summed E-state index contributed by atoms with van der Waals surface area (Å²) in [4.78, 5) is 16.9. The van der Waals surface area contributed by atoms with Crippen molar-refractivity contribution in [3.05, 3.63) is 41.0 Å². The maximum atomic E-state index is 12.7. The van der Waals surface area contributed by atoms with E-state index < -0.39 is 0 Å². The number of nitrogens with one attached hydrogen (secondary N) is 1. The Balaban J connectivity index is 0.00000225. The zero-order chi connectivity index (χ0) is 17.1. The van der Waals surface area contributed by atoms with Crippen LogP contribution in [-0.2, 0) is 6.42 Å². The number of carbonyl (C=O) groups excluding carboxylic acids is 1. The first kappa shape index (κ1) is 17.0. The number of benzene rings is 1. The van der Waals surface area contributed by atoms with Gasteiger partial charge >= 0.3 is 6.03 Å². The molecule has 1 aliphatic carbocycles. The summed E-state index contributed by atoms with van der Waals surface area (Å²) in [6.07, 6.45) is 8.74. The van der Waals surface area contributed by atoms with Gasteiger partial charge in [-0.15, -0.1) is 0 Å². The molecule has 0 unspecified atom stereocenters. The molecule has 3 rings (SSSR count). The van der Waals surface area contributed by atoms with E-state index in [1.54, 1.807) is 0 Å². The predicted octanol–water partition coefficient (Wildman–Crippen LogP) is 3.69. The number of carbonyl (C=O) groups is 1. The van der Waals surface area contributed by atoms with Crippen LogP contribution in [0.3, 0.4) is 0 Å². The van der Waals surface area contributed by atoms with Crippen LogP contribution in [0.2, 0.25) is 0 Å². The molecule has 1 N–H and O–H groups in total. The van der Waals surface area contributed by atoms with Crippen LogP contribution in [0.4, 0.5) is 4.79 Å². The van der Waals surface area contributed by atoms with Gasteiger partial charge in [-0.25, -0.2) is 4.79 Å². The Morgan fingerprint density at radius 2 is 2.12 bits per heavy atom. The summed E-state index contributed by atoms with van der Waals surface area (Å²) in [7, 11) is 4.07. The molecule has 1 aromatic rings. The van der Waals surface area contributed by atoms with Gasteiger partial charge in [0.25, 0.3) is 0 Å². The van der Waals surface area contributed by atoms with Crippen LogP contribution in [0.5, 0.6) is 0 Å². The Morgan fingerprint density at radius 1 is 1.38 bits per heavy atom. The monoisotopic (exact) mass is 329 g/mol. The summed E-state index contributed by atoms with van der Waals surface area (Å²) in [6.45, 7) is 4.21. The number of rotatable bonds is 3. The fraction of sp³-hybridized carbons (Fsp3) is 0.550. The van der Waals surface area contributed by atoms with E-state index >= 15 is 0 Å². The quantitative estimate of drug-likeness (QED) is 0.918. The van der Waals surface area contributed by atoms with E-state index in [0.29, 0.717) is 6.04 Å². The second-order valence-corrected chi connectivity index (χ2v) is 7.18. The molecular weight excluding hydrogens is 298 g/mol. The summed E-state index contributed by atoms with van der Waals surface area (Å²) in [6, 6.07) is 6.84. The van der Waals surface area contributed by atoms with Crippen molar-refractivity contribution in [2.75, 3.05) is 27.2 Å². The summed E-state index contributed by atoms with van der Waals surface area (Å²) in [5.74, 6) is 0. The van der Waals surface area contributed by atoms with Crippen molar-refractivity contribution in [1.29, 1.82) is 0 Å². The number of aryl methyl sites for hydroxylation is 1. The summed E-state index contributed by atoms with van der Waals surface area (Å²) < 4.78 is 0. The minimum atomic E-state index is 0. The lowest BCUT2D eigenvalue weighted by atomic mass is 9.90. The summed E-state index contributed by atoms with van der Waals surface area (Å²) in [5.41, 5.74) is 3.90. The highest BCUT2D eigenvalue weighted by Crippen LogP contribution is 2.27. The maximum Gasteiger partial charge on any atom is 0.317 e. The van der Waals surface area contributed by atoms with Crippen LogP contribution < -0.4 is 5.32 Å². The fourth-order valence-corrected chi connectivity index (χ4v) is 3.78. The maximum absolute atomic E-state index is 12.7. The molecule has 2 amide bonds. The molecule has 1 atom stereocenters. The van der Waals surface area contributed by atoms with Crippen LogP contribution in [0.1, 0.15) is 50.3 Å². The van der Waals surface area contributed by atoms with Crippen LogP contribution in [0.25, 0.3) is 6.08 Å². The second kappa shape index (κ2) is 7.39. The third-order valence-electron chi connectivity index (χ3n) is 5.46. The lowest BCUT2D eigenvalue weighted by Gasteiger charge is -2.35. The molecule has 1 heterocycles. The Labute approximate surface area is 147 Å². The van der Waals surface area contributed by atoms with E-state index in [1.807, 2.05) is 11.9 Å². The molecule has 1 aromatic carbocycles. The van der Waals surface area contributed by atoms with E-state index in [1.165, 1.54) is 16.7 Å². The number of piperidine rings is 1. The van der Waals surface area contributed by atoms with Gasteiger partial charge in [0.05, 0.1) is 6.04 Å². The zero-order valence-electron chi connectivity index (χ0n) is 15.1. The van der Waals surface area contributed by atoms with E-state index in [2.05, 4.69) is 54.5 Å². The van der Waals surface area contributed by atoms with Crippen molar-refractivity contribution in [1.82, 2.24) is 15.1 Å². The van der Waals surface area contributed by atoms with Gasteiger partial charge in [-0.3, -0.25) is 0 Å². The predicted molar refractivity (Wildman–Crippen MR) is 101 cm³/mol. The van der Waals surface area contributed by atoms with Crippen molar-refractivity contribution < 1.29 is 6.22 Å². The van der Waals surface area contributed by atoms with Crippen molar-refractivity contribution in [2.24, 2.45) is 0 Å². The Kier molecular flexibility index (Phi) is 5.24. The molecule has 24 heavy (non-hydrogen) atoms. The van der Waals surface area contributed by atoms with Crippen LogP contribution in [-0.4, -0.2) is 49.1 Å². The smallest absolute Gasteiger partial charge is 0.317 e. The zero-order valence-corrected chi connectivity index (χ0v) is 15.1. The molecule has 2 aliphatic rings. The number of nitrogens with zero attached hydrogens (tertiary/aromatic N) is 2. The Hall–Kier alpha value is -1.81. The Morgan fingerprint density at radius 3 is 2.88 bits per heavy atom. The van der Waals surface area contributed by atoms with E-state index in [4.69, 9.17) is 0 Å². The molecule has 132 valence electrons. The molecule has 1 fully saturated rings. The first-order chi connectivity index (χ1) is 11.6. The lowest BCUT2D eigenvalue weighted by Crippen LogP contribution is -2.48. The molecule has 4 nitrogen and oxygen atoms in total. The third kappa shape index (κ3) is 3.64. The number of amides is 2. The van der Waals surface area contributed by atoms with E-state index in [-0.39, 0.29) is 13.5 Å². The average Bonchev–Trinajstić information content (AvgIpc) is 2.61. The fourth-order valence-electron chi connectivity index (χ4n) is 3.78. The number of fused-ring (bicyclic) bond motifs is 1. The minimum Gasteiger partial charge on any atom is -0.331 e. The van der Waals surface area contributed by atoms with Gasteiger partial charge in [0, 0.05) is 14.5 Å². The molecule has 1 aliphatic heterocycles. The van der Waals surface area contributed by atoms with Crippen LogP contribution >= 0.6 is 0 Å². The third-order valence-corrected chi connectivity index (χ3v) is 5.46. The first-order valence-corrected chi connectivity index (χ1v) is 9.06. The minimum absolute atomic E-state index is 0. The first-order valence-electron chi connectivity index (χ1n) is 9.06. The van der Waals surface area contributed by atoms with Gasteiger partial charge in [-0.05, 0) is 69.4 Å². The highest BCUT2D eigenvalue weighted by molar-refractivity contribution is 5.75. The van der Waals surface area contributed by atoms with Crippen molar-refractivity contribution in [2.45, 2.75) is 44.7 Å². The highest BCUT2D eigenvalue weighted by atomic mass is 16.2. The molecule has 0 aromatic heterocycles. The van der Waals surface area contributed by atoms with Gasteiger partial charge in [0.1, 0.15) is 0 Å². The molecule has 0 bridgehead atoms. The molecule has 0 spiro atoms. The highest BCUT2D eigenvalue weighted by Gasteiger charge is 2.25. The summed E-state index contributed by atoms with van der Waals surface area (Å²) >= 11 is 0. The second-order valence-electron chi connectivity index (χ2n) is 7.18. The van der Waals surface area contributed by atoms with E-state index in [0.717, 1.165) is 38.8 Å². The molecular formula is C20H31N3O. The standard InChI is InChI=1S/C20H29N3O.H2/c1-15(18-10-6-8-16-7-4-5-9-19(16)18)21-20(24)23(3)17-11-13-22(2)14-12-17;/h5-6,8-10,15,17H,4,7,11-14H2,1-3H3,(H,21,24);1H/t15-;/m1./s1. The number of hydrogen-bond donors (Lipinski definition) is 1. The number of hydrogen-bond acceptors (Lipinski definition) is 2. The largest absolute Gasteiger partial charge is 0.331 e. The SMILES string of the molecule is C[C@@H](NC(=O)N(C)C1CCN(C)CC1)c1cccc2c1C=CCC2.[HH]. The lowest BCUT2D eigenvalue weighted by molar-refractivity contribution is 0.146. The molecule has 0 saturated carbocycles. The van der Waals surface area contributed by atoms with Gasteiger partial charge in [0.15, 0.2) is 0 Å². The van der Waals surface area contributed by atoms with Gasteiger partial charge in [-0.2, -0.15) is 0 Å². The number of allylic oxidation sites excluding steroid dienone is 1. The number of likely N-dealkylation sites (tertiary alicyclic amines) is 1. The van der Waals surface area contributed by atoms with Gasteiger partial charge in [-0.1, -0.05) is 30.4 Å². The number of urea groups is 1. The molecule has 0 radical (unpaired) electrons. The van der Waals surface area contributed by atoms with Gasteiger partial charge in [0.2, 0.25) is 0 Å². The molecule has 4 heteroatoms. The van der Waals surface area contributed by atoms with E-state index in [9.17, 15) is 4.79 Å². The van der Waals surface area contributed by atoms with Crippen LogP contribution in [0.15, 0.2) is 24.3 Å².